The first kappa shape index (κ1) is 35.7. The van der Waals surface area contributed by atoms with E-state index in [4.69, 9.17) is 20.9 Å². The van der Waals surface area contributed by atoms with Crippen LogP contribution in [0.5, 0.6) is 17.6 Å². The number of carbonyl (C=O) groups excluding carboxylic acids is 1. The molecule has 288 valence electrons. The molecule has 1 amide bonds. The van der Waals surface area contributed by atoms with Crippen LogP contribution in [-0.4, -0.2) is 107 Å². The molecular formula is C39H37F5N6O5. The van der Waals surface area contributed by atoms with Gasteiger partial charge in [0.1, 0.15) is 40.6 Å². The first-order valence-electron chi connectivity index (χ1n) is 18.3. The number of anilines is 1. The third-order valence-corrected chi connectivity index (χ3v) is 11.9. The van der Waals surface area contributed by atoms with Gasteiger partial charge in [-0.1, -0.05) is 12.0 Å². The minimum atomic E-state index is -4.95. The van der Waals surface area contributed by atoms with Crippen molar-refractivity contribution < 1.29 is 46.1 Å². The van der Waals surface area contributed by atoms with Crippen molar-refractivity contribution in [2.75, 3.05) is 57.9 Å². The van der Waals surface area contributed by atoms with Crippen LogP contribution < -0.4 is 14.4 Å². The fourth-order valence-electron chi connectivity index (χ4n) is 9.02. The molecule has 3 saturated heterocycles. The molecular weight excluding hydrogens is 727 g/mol. The van der Waals surface area contributed by atoms with Gasteiger partial charge in [0.2, 0.25) is 11.8 Å². The zero-order valence-corrected chi connectivity index (χ0v) is 29.8. The van der Waals surface area contributed by atoms with Crippen molar-refractivity contribution in [3.8, 4) is 41.2 Å². The average Bonchev–Trinajstić information content (AvgIpc) is 4.04. The van der Waals surface area contributed by atoms with E-state index in [2.05, 4.69) is 25.5 Å². The maximum Gasteiger partial charge on any atom is 0.523 e. The highest BCUT2D eigenvalue weighted by molar-refractivity contribution is 6.04. The number of rotatable bonds is 10. The molecule has 16 heteroatoms. The molecule has 5 heterocycles. The fourth-order valence-corrected chi connectivity index (χ4v) is 9.02. The molecule has 5 aliphatic rings. The van der Waals surface area contributed by atoms with Crippen molar-refractivity contribution in [1.29, 1.82) is 0 Å². The number of hydrogen-bond acceptors (Lipinski definition) is 10. The first-order chi connectivity index (χ1) is 26.3. The van der Waals surface area contributed by atoms with E-state index in [0.717, 1.165) is 50.4 Å². The van der Waals surface area contributed by atoms with Gasteiger partial charge in [0.05, 0.1) is 19.3 Å². The number of nitrogens with zero attached hydrogens (tertiary/aromatic N) is 6. The number of aromatic hydroxyl groups is 1. The van der Waals surface area contributed by atoms with Crippen LogP contribution >= 0.6 is 0 Å². The number of carbonyl (C=O) groups is 1. The number of alkyl halides is 3. The largest absolute Gasteiger partial charge is 0.523 e. The molecule has 5 fully saturated rings. The van der Waals surface area contributed by atoms with E-state index in [1.165, 1.54) is 36.6 Å². The standard InChI is InChI=1S/C39H37F5N6O5/c1-3-26-28(40)7-4-20-11-25(51)12-27(30(20)26)33-32(41)34-31(36(45-33)53-2)35(49-15-23-5-6-24(16-49)50(23)29(52)17-55-39(42,43)44)47-37(46-34)54-19-38(8-9-38)18-48-13-21-10-22(21)14-48/h1,4,7,11-12,21-24,51H,5-6,8-10,13-19H2,2H3. The third kappa shape index (κ3) is 6.50. The van der Waals surface area contributed by atoms with Gasteiger partial charge in [-0.2, -0.15) is 9.97 Å². The van der Waals surface area contributed by atoms with Gasteiger partial charge in [0.15, 0.2) is 5.82 Å². The Kier molecular flexibility index (Phi) is 8.46. The van der Waals surface area contributed by atoms with Crippen LogP contribution in [-0.2, 0) is 9.53 Å². The number of ether oxygens (including phenoxy) is 3. The Morgan fingerprint density at radius 2 is 1.76 bits per heavy atom. The number of fused-ring (bicyclic) bond motifs is 5. The van der Waals surface area contributed by atoms with E-state index in [-0.39, 0.29) is 75.1 Å². The summed E-state index contributed by atoms with van der Waals surface area (Å²) in [6, 6.07) is 4.16. The van der Waals surface area contributed by atoms with Gasteiger partial charge in [-0.3, -0.25) is 9.53 Å². The normalized spacial score (nSPS) is 23.9. The minimum absolute atomic E-state index is 0.00891. The topological polar surface area (TPSA) is 113 Å². The van der Waals surface area contributed by atoms with E-state index in [1.807, 2.05) is 4.90 Å². The summed E-state index contributed by atoms with van der Waals surface area (Å²) in [4.78, 5) is 32.6. The lowest BCUT2D eigenvalue weighted by atomic mass is 9.95. The number of pyridine rings is 1. The number of phenolic OH excluding ortho intramolecular Hbond substituents is 1. The summed E-state index contributed by atoms with van der Waals surface area (Å²) in [5.74, 6) is 1.37. The maximum absolute atomic E-state index is 17.2. The van der Waals surface area contributed by atoms with E-state index in [1.54, 1.807) is 0 Å². The predicted molar refractivity (Wildman–Crippen MR) is 189 cm³/mol. The monoisotopic (exact) mass is 764 g/mol. The lowest BCUT2D eigenvalue weighted by molar-refractivity contribution is -0.322. The summed E-state index contributed by atoms with van der Waals surface area (Å²) in [7, 11) is 1.34. The summed E-state index contributed by atoms with van der Waals surface area (Å²) in [6.07, 6.45) is 5.04. The molecule has 2 saturated carbocycles. The summed E-state index contributed by atoms with van der Waals surface area (Å²) < 4.78 is 86.6. The number of amides is 1. The third-order valence-electron chi connectivity index (χ3n) is 11.9. The zero-order chi connectivity index (χ0) is 38.4. The van der Waals surface area contributed by atoms with Crippen LogP contribution in [0, 0.1) is 41.2 Å². The molecule has 11 nitrogen and oxygen atoms in total. The second kappa shape index (κ2) is 13.0. The molecule has 9 rings (SSSR count). The lowest BCUT2D eigenvalue weighted by Crippen LogP contribution is -2.57. The van der Waals surface area contributed by atoms with Gasteiger partial charge < -0.3 is 29.3 Å². The van der Waals surface area contributed by atoms with E-state index >= 15 is 8.78 Å². The molecule has 55 heavy (non-hydrogen) atoms. The van der Waals surface area contributed by atoms with Crippen LogP contribution in [0.3, 0.4) is 0 Å². The minimum Gasteiger partial charge on any atom is -0.508 e. The Balaban J connectivity index is 1.13. The molecule has 4 unspecified atom stereocenters. The Hall–Kier alpha value is -5.01. The van der Waals surface area contributed by atoms with Crippen molar-refractivity contribution in [2.45, 2.75) is 50.6 Å². The Bertz CT molecular complexity index is 2250. The van der Waals surface area contributed by atoms with Crippen LogP contribution in [0.2, 0.25) is 0 Å². The van der Waals surface area contributed by atoms with Gasteiger partial charge in [-0.05, 0) is 67.5 Å². The van der Waals surface area contributed by atoms with Crippen LogP contribution in [0.25, 0.3) is 32.9 Å². The summed E-state index contributed by atoms with van der Waals surface area (Å²) in [5, 5.41) is 11.3. The van der Waals surface area contributed by atoms with Crippen molar-refractivity contribution in [2.24, 2.45) is 17.3 Å². The van der Waals surface area contributed by atoms with Crippen molar-refractivity contribution in [3.63, 3.8) is 0 Å². The summed E-state index contributed by atoms with van der Waals surface area (Å²) in [6.45, 7) is 2.54. The number of benzene rings is 2. The highest BCUT2D eigenvalue weighted by atomic mass is 19.4. The summed E-state index contributed by atoms with van der Waals surface area (Å²) >= 11 is 0. The molecule has 1 N–H and O–H groups in total. The molecule has 2 aromatic carbocycles. The predicted octanol–water partition coefficient (Wildman–Crippen LogP) is 5.65. The van der Waals surface area contributed by atoms with Gasteiger partial charge >= 0.3 is 12.4 Å². The van der Waals surface area contributed by atoms with Crippen molar-refractivity contribution >= 4 is 33.4 Å². The zero-order valence-electron chi connectivity index (χ0n) is 29.8. The van der Waals surface area contributed by atoms with Crippen molar-refractivity contribution in [3.05, 3.63) is 41.5 Å². The number of likely N-dealkylation sites (tertiary alicyclic amines) is 1. The molecule has 4 aromatic rings. The van der Waals surface area contributed by atoms with Crippen molar-refractivity contribution in [1.82, 2.24) is 24.8 Å². The second-order valence-electron chi connectivity index (χ2n) is 15.6. The van der Waals surface area contributed by atoms with Crippen LogP contribution in [0.4, 0.5) is 27.8 Å². The number of terminal acetylenes is 1. The Morgan fingerprint density at radius 1 is 1.04 bits per heavy atom. The SMILES string of the molecule is C#Cc1c(F)ccc2cc(O)cc(-c3nc(OC)c4c(N5CC6CCC(C5)N6C(=O)COC(F)(F)F)nc(OCC5(CN6CC7CC7C6)CC5)nc4c3F)c12. The number of aromatic nitrogens is 3. The molecule has 2 aromatic heterocycles. The molecule has 4 atom stereocenters. The fraction of sp³-hybridized carbons (Fsp3) is 0.487. The van der Waals surface area contributed by atoms with Gasteiger partial charge in [0.25, 0.3) is 0 Å². The van der Waals surface area contributed by atoms with Gasteiger partial charge in [-0.25, -0.2) is 13.8 Å². The Labute approximate surface area is 312 Å². The molecule has 2 bridgehead atoms. The highest BCUT2D eigenvalue weighted by Gasteiger charge is 2.51. The average molecular weight is 765 g/mol. The number of piperidine rings is 1. The van der Waals surface area contributed by atoms with E-state index in [0.29, 0.717) is 24.8 Å². The smallest absolute Gasteiger partial charge is 0.508 e. The second-order valence-corrected chi connectivity index (χ2v) is 15.6. The quantitative estimate of drug-likeness (QED) is 0.161. The van der Waals surface area contributed by atoms with E-state index < -0.39 is 42.6 Å². The number of phenols is 1. The number of piperazine rings is 1. The molecule has 0 spiro atoms. The Morgan fingerprint density at radius 3 is 2.42 bits per heavy atom. The molecule has 2 aliphatic carbocycles. The lowest BCUT2D eigenvalue weighted by Gasteiger charge is -2.41. The molecule has 0 radical (unpaired) electrons. The highest BCUT2D eigenvalue weighted by Crippen LogP contribution is 2.51. The maximum atomic E-state index is 17.2. The summed E-state index contributed by atoms with van der Waals surface area (Å²) in [5.41, 5.74) is -0.752. The van der Waals surface area contributed by atoms with Crippen LogP contribution in [0.1, 0.15) is 37.7 Å². The number of hydrogen-bond donors (Lipinski definition) is 1. The number of halogens is 5. The van der Waals surface area contributed by atoms with Crippen LogP contribution in [0.15, 0.2) is 24.3 Å². The van der Waals surface area contributed by atoms with E-state index in [9.17, 15) is 23.1 Å². The molecule has 3 aliphatic heterocycles. The van der Waals surface area contributed by atoms with Gasteiger partial charge in [-0.15, -0.1) is 19.6 Å². The number of methoxy groups -OCH3 is 1. The van der Waals surface area contributed by atoms with Gasteiger partial charge in [0, 0.05) is 61.2 Å². The first-order valence-corrected chi connectivity index (χ1v) is 18.3.